The van der Waals surface area contributed by atoms with E-state index >= 15 is 0 Å². The molecule has 2 heteroatoms. The molecule has 0 saturated heterocycles. The number of para-hydroxylation sites is 1. The van der Waals surface area contributed by atoms with E-state index in [1.165, 1.54) is 12.1 Å². The van der Waals surface area contributed by atoms with E-state index in [-0.39, 0.29) is 5.82 Å². The smallest absolute Gasteiger partial charge is 0.134 e. The second kappa shape index (κ2) is 4.62. The van der Waals surface area contributed by atoms with Crippen LogP contribution in [0.3, 0.4) is 0 Å². The molecule has 80 valence electrons. The van der Waals surface area contributed by atoms with Crippen molar-refractivity contribution in [2.45, 2.75) is 0 Å². The van der Waals surface area contributed by atoms with Gasteiger partial charge in [-0.15, -0.1) is 0 Å². The molecule has 0 aliphatic heterocycles. The average molecular weight is 214 g/mol. The van der Waals surface area contributed by atoms with E-state index in [2.05, 4.69) is 6.58 Å². The number of ether oxygens (including phenoxy) is 1. The Balaban J connectivity index is 2.26. The van der Waals surface area contributed by atoms with E-state index in [0.717, 1.165) is 5.56 Å². The van der Waals surface area contributed by atoms with Crippen molar-refractivity contribution in [1.82, 2.24) is 0 Å². The van der Waals surface area contributed by atoms with Crippen LogP contribution < -0.4 is 4.74 Å². The molecule has 0 radical (unpaired) electrons. The van der Waals surface area contributed by atoms with Gasteiger partial charge in [-0.3, -0.25) is 0 Å². The van der Waals surface area contributed by atoms with Gasteiger partial charge in [0.05, 0.1) is 0 Å². The monoisotopic (exact) mass is 214 g/mol. The Kier molecular flexibility index (Phi) is 3.01. The molecule has 0 aromatic heterocycles. The molecule has 0 bridgehead atoms. The molecule has 0 N–H and O–H groups in total. The van der Waals surface area contributed by atoms with Crippen molar-refractivity contribution in [1.29, 1.82) is 0 Å². The summed E-state index contributed by atoms with van der Waals surface area (Å²) in [6.45, 7) is 3.71. The van der Waals surface area contributed by atoms with E-state index in [9.17, 15) is 4.39 Å². The number of benzene rings is 2. The third kappa shape index (κ3) is 2.28. The molecule has 0 aliphatic carbocycles. The molecule has 2 rings (SSSR count). The van der Waals surface area contributed by atoms with E-state index in [1.54, 1.807) is 18.2 Å². The summed E-state index contributed by atoms with van der Waals surface area (Å²) in [6.07, 6.45) is 1.72. The van der Waals surface area contributed by atoms with Crippen molar-refractivity contribution in [2.24, 2.45) is 0 Å². The van der Waals surface area contributed by atoms with Crippen LogP contribution in [0.15, 0.2) is 55.1 Å². The topological polar surface area (TPSA) is 9.23 Å². The van der Waals surface area contributed by atoms with Crippen molar-refractivity contribution < 1.29 is 9.13 Å². The Morgan fingerprint density at radius 3 is 2.38 bits per heavy atom. The lowest BCUT2D eigenvalue weighted by molar-refractivity contribution is 0.479. The molecule has 0 atom stereocenters. The quantitative estimate of drug-likeness (QED) is 0.741. The molecular formula is C14H11FO. The highest BCUT2D eigenvalue weighted by molar-refractivity contribution is 5.56. The van der Waals surface area contributed by atoms with Crippen molar-refractivity contribution >= 4 is 6.08 Å². The molecule has 0 aliphatic rings. The first-order valence-electron chi connectivity index (χ1n) is 4.94. The normalized spacial score (nSPS) is 9.81. The van der Waals surface area contributed by atoms with Gasteiger partial charge >= 0.3 is 0 Å². The van der Waals surface area contributed by atoms with Crippen LogP contribution in [0.5, 0.6) is 11.5 Å². The van der Waals surface area contributed by atoms with Crippen LogP contribution in [0.1, 0.15) is 5.56 Å². The zero-order valence-electron chi connectivity index (χ0n) is 8.69. The molecule has 0 fully saturated rings. The van der Waals surface area contributed by atoms with Crippen LogP contribution in [0.4, 0.5) is 4.39 Å². The number of halogens is 1. The summed E-state index contributed by atoms with van der Waals surface area (Å²) in [6, 6.07) is 13.5. The summed E-state index contributed by atoms with van der Waals surface area (Å²) < 4.78 is 18.3. The van der Waals surface area contributed by atoms with E-state index in [4.69, 9.17) is 4.74 Å². The van der Waals surface area contributed by atoms with E-state index in [0.29, 0.717) is 11.5 Å². The Morgan fingerprint density at radius 1 is 1.00 bits per heavy atom. The second-order valence-corrected chi connectivity index (χ2v) is 3.30. The van der Waals surface area contributed by atoms with Gasteiger partial charge in [0.1, 0.15) is 17.3 Å². The highest BCUT2D eigenvalue weighted by atomic mass is 19.1. The van der Waals surface area contributed by atoms with Crippen molar-refractivity contribution in [3.63, 3.8) is 0 Å². The minimum Gasteiger partial charge on any atom is -0.457 e. The molecule has 2 aromatic carbocycles. The lowest BCUT2D eigenvalue weighted by atomic mass is 10.2. The first-order chi connectivity index (χ1) is 7.79. The second-order valence-electron chi connectivity index (χ2n) is 3.30. The maximum atomic E-state index is 12.7. The summed E-state index contributed by atoms with van der Waals surface area (Å²) in [5.41, 5.74) is 0.909. The largest absolute Gasteiger partial charge is 0.457 e. The summed E-state index contributed by atoms with van der Waals surface area (Å²) in [4.78, 5) is 0. The molecule has 16 heavy (non-hydrogen) atoms. The average Bonchev–Trinajstić information content (AvgIpc) is 2.33. The molecule has 1 nitrogen and oxygen atoms in total. The lowest BCUT2D eigenvalue weighted by Crippen LogP contribution is -1.87. The third-order valence-corrected chi connectivity index (χ3v) is 2.18. The molecule has 0 saturated carbocycles. The van der Waals surface area contributed by atoms with Gasteiger partial charge in [0.25, 0.3) is 0 Å². The van der Waals surface area contributed by atoms with E-state index < -0.39 is 0 Å². The molecule has 0 unspecified atom stereocenters. The van der Waals surface area contributed by atoms with Gasteiger partial charge in [-0.25, -0.2) is 4.39 Å². The van der Waals surface area contributed by atoms with Crippen LogP contribution in [-0.2, 0) is 0 Å². The fourth-order valence-electron chi connectivity index (χ4n) is 1.37. The summed E-state index contributed by atoms with van der Waals surface area (Å²) in [5, 5.41) is 0. The minimum atomic E-state index is -0.274. The van der Waals surface area contributed by atoms with E-state index in [1.807, 2.05) is 24.3 Å². The van der Waals surface area contributed by atoms with Gasteiger partial charge in [0, 0.05) is 5.56 Å². The van der Waals surface area contributed by atoms with Crippen molar-refractivity contribution in [3.8, 4) is 11.5 Å². The predicted octanol–water partition coefficient (Wildman–Crippen LogP) is 4.26. The third-order valence-electron chi connectivity index (χ3n) is 2.18. The predicted molar refractivity (Wildman–Crippen MR) is 63.0 cm³/mol. The lowest BCUT2D eigenvalue weighted by Gasteiger charge is -2.08. The maximum Gasteiger partial charge on any atom is 0.134 e. The molecule has 2 aromatic rings. The summed E-state index contributed by atoms with van der Waals surface area (Å²) in [5.74, 6) is 1.05. The molecule has 0 heterocycles. The van der Waals surface area contributed by atoms with Gasteiger partial charge < -0.3 is 4.74 Å². The number of hydrogen-bond donors (Lipinski definition) is 0. The SMILES string of the molecule is C=Cc1ccccc1Oc1ccc(F)cc1. The van der Waals surface area contributed by atoms with Gasteiger partial charge in [-0.2, -0.15) is 0 Å². The number of rotatable bonds is 3. The Hall–Kier alpha value is -2.09. The Labute approximate surface area is 93.8 Å². The first kappa shape index (κ1) is 10.4. The van der Waals surface area contributed by atoms with Crippen LogP contribution in [0.2, 0.25) is 0 Å². The van der Waals surface area contributed by atoms with Crippen LogP contribution in [0.25, 0.3) is 6.08 Å². The zero-order valence-corrected chi connectivity index (χ0v) is 8.69. The fourth-order valence-corrected chi connectivity index (χ4v) is 1.37. The van der Waals surface area contributed by atoms with Gasteiger partial charge in [-0.05, 0) is 30.3 Å². The Bertz CT molecular complexity index is 488. The maximum absolute atomic E-state index is 12.7. The highest BCUT2D eigenvalue weighted by Gasteiger charge is 2.01. The van der Waals surface area contributed by atoms with Crippen LogP contribution in [-0.4, -0.2) is 0 Å². The summed E-state index contributed by atoms with van der Waals surface area (Å²) >= 11 is 0. The summed E-state index contributed by atoms with van der Waals surface area (Å²) in [7, 11) is 0. The van der Waals surface area contributed by atoms with Gasteiger partial charge in [-0.1, -0.05) is 30.9 Å². The fraction of sp³-hybridized carbons (Fsp3) is 0. The van der Waals surface area contributed by atoms with Crippen molar-refractivity contribution in [3.05, 3.63) is 66.5 Å². The van der Waals surface area contributed by atoms with Crippen molar-refractivity contribution in [2.75, 3.05) is 0 Å². The van der Waals surface area contributed by atoms with Gasteiger partial charge in [0.2, 0.25) is 0 Å². The highest BCUT2D eigenvalue weighted by Crippen LogP contribution is 2.25. The zero-order chi connectivity index (χ0) is 11.4. The van der Waals surface area contributed by atoms with Gasteiger partial charge in [0.15, 0.2) is 0 Å². The Morgan fingerprint density at radius 2 is 1.69 bits per heavy atom. The molecular weight excluding hydrogens is 203 g/mol. The van der Waals surface area contributed by atoms with Crippen LogP contribution >= 0.6 is 0 Å². The first-order valence-corrected chi connectivity index (χ1v) is 4.94. The molecule has 0 amide bonds. The number of hydrogen-bond acceptors (Lipinski definition) is 1. The standard InChI is InChI=1S/C14H11FO/c1-2-11-5-3-4-6-14(11)16-13-9-7-12(15)8-10-13/h2-10H,1H2. The van der Waals surface area contributed by atoms with Crippen LogP contribution in [0, 0.1) is 5.82 Å². The minimum absolute atomic E-state index is 0.274. The molecule has 0 spiro atoms.